The molecule has 0 aliphatic carbocycles. The second-order valence-electron chi connectivity index (χ2n) is 5.55. The van der Waals surface area contributed by atoms with Crippen LogP contribution in [-0.4, -0.2) is 35.6 Å². The Hall–Kier alpha value is -3.40. The van der Waals surface area contributed by atoms with E-state index in [0.29, 0.717) is 23.0 Å². The van der Waals surface area contributed by atoms with Crippen LogP contribution in [0, 0.1) is 0 Å². The first-order valence-electron chi connectivity index (χ1n) is 8.03. The van der Waals surface area contributed by atoms with Gasteiger partial charge in [0.2, 0.25) is 5.95 Å². The van der Waals surface area contributed by atoms with Crippen molar-refractivity contribution in [3.8, 4) is 11.5 Å². The van der Waals surface area contributed by atoms with E-state index < -0.39 is 5.91 Å². The maximum absolute atomic E-state index is 12.3. The Labute approximate surface area is 158 Å². The number of aromatic nitrogens is 6. The van der Waals surface area contributed by atoms with Crippen molar-refractivity contribution in [2.75, 3.05) is 5.32 Å². The van der Waals surface area contributed by atoms with Crippen molar-refractivity contribution >= 4 is 23.6 Å². The number of aryl methyl sites for hydroxylation is 1. The Morgan fingerprint density at radius 2 is 2.19 bits per heavy atom. The summed E-state index contributed by atoms with van der Waals surface area (Å²) in [5.41, 5.74) is 0.636. The summed E-state index contributed by atoms with van der Waals surface area (Å²) in [6, 6.07) is 8.84. The number of carbonyl (C=O) groups excluding carboxylic acids is 1. The van der Waals surface area contributed by atoms with Crippen molar-refractivity contribution in [1.29, 1.82) is 0 Å². The molecule has 4 rings (SSSR count). The summed E-state index contributed by atoms with van der Waals surface area (Å²) in [5, 5.41) is 10.2. The number of hydrogen-bond donors (Lipinski definition) is 2. The average molecular weight is 381 g/mol. The minimum absolute atomic E-state index is 0.154. The zero-order valence-electron chi connectivity index (χ0n) is 14.3. The van der Waals surface area contributed by atoms with Crippen LogP contribution in [0.15, 0.2) is 58.5 Å². The molecule has 4 aromatic rings. The van der Waals surface area contributed by atoms with Crippen molar-refractivity contribution in [3.05, 3.63) is 60.4 Å². The molecule has 4 aromatic heterocycles. The van der Waals surface area contributed by atoms with E-state index in [1.54, 1.807) is 30.6 Å². The lowest BCUT2D eigenvalue weighted by Crippen LogP contribution is -2.12. The zero-order valence-corrected chi connectivity index (χ0v) is 15.1. The number of pyridine rings is 1. The fraction of sp³-hybridized carbons (Fsp3) is 0.118. The molecule has 0 bridgehead atoms. The molecule has 10 heteroatoms. The standard InChI is InChI=1S/C17H15N7O2S/c1-24-9-8-19-17(24)27-10-11-5-6-13(26-11)15(25)21-16-20-14(22-23-16)12-4-2-3-7-18-12/h2-9H,10H2,1H3,(H2,20,21,22,23,25). The second kappa shape index (κ2) is 7.46. The van der Waals surface area contributed by atoms with E-state index in [-0.39, 0.29) is 11.7 Å². The first kappa shape index (κ1) is 17.0. The molecule has 136 valence electrons. The van der Waals surface area contributed by atoms with Crippen LogP contribution in [0.25, 0.3) is 11.5 Å². The maximum atomic E-state index is 12.3. The second-order valence-corrected chi connectivity index (χ2v) is 6.49. The minimum atomic E-state index is -0.421. The molecule has 4 heterocycles. The monoisotopic (exact) mass is 381 g/mol. The number of thioether (sulfide) groups is 1. The van der Waals surface area contributed by atoms with Crippen molar-refractivity contribution in [3.63, 3.8) is 0 Å². The van der Waals surface area contributed by atoms with Gasteiger partial charge >= 0.3 is 0 Å². The Kier molecular flexibility index (Phi) is 4.71. The van der Waals surface area contributed by atoms with Crippen molar-refractivity contribution in [1.82, 2.24) is 29.7 Å². The SMILES string of the molecule is Cn1ccnc1SCc1ccc(C(=O)Nc2n[nH]c(-c3ccccn3)n2)o1. The lowest BCUT2D eigenvalue weighted by Gasteiger charge is -1.99. The first-order chi connectivity index (χ1) is 13.2. The van der Waals surface area contributed by atoms with Crippen molar-refractivity contribution in [2.45, 2.75) is 10.9 Å². The summed E-state index contributed by atoms with van der Waals surface area (Å²) < 4.78 is 7.52. The third-order valence-electron chi connectivity index (χ3n) is 3.62. The summed E-state index contributed by atoms with van der Waals surface area (Å²) in [4.78, 5) is 24.9. The molecule has 0 aliphatic heterocycles. The average Bonchev–Trinajstić information content (AvgIpc) is 3.42. The first-order valence-corrected chi connectivity index (χ1v) is 9.01. The number of aromatic amines is 1. The molecule has 0 aliphatic rings. The lowest BCUT2D eigenvalue weighted by molar-refractivity contribution is 0.0994. The highest BCUT2D eigenvalue weighted by Gasteiger charge is 2.15. The highest BCUT2D eigenvalue weighted by Crippen LogP contribution is 2.22. The number of furan rings is 1. The van der Waals surface area contributed by atoms with Gasteiger partial charge in [-0.1, -0.05) is 17.8 Å². The number of amides is 1. The number of imidazole rings is 1. The fourth-order valence-electron chi connectivity index (χ4n) is 2.30. The molecule has 1 amide bonds. The molecule has 0 radical (unpaired) electrons. The van der Waals surface area contributed by atoms with Crippen LogP contribution in [-0.2, 0) is 12.8 Å². The summed E-state index contributed by atoms with van der Waals surface area (Å²) in [6.07, 6.45) is 5.27. The largest absolute Gasteiger partial charge is 0.455 e. The van der Waals surface area contributed by atoms with Gasteiger partial charge in [0.05, 0.1) is 5.75 Å². The molecule has 0 aromatic carbocycles. The Bertz CT molecular complexity index is 1050. The van der Waals surface area contributed by atoms with E-state index >= 15 is 0 Å². The third-order valence-corrected chi connectivity index (χ3v) is 4.70. The molecule has 2 N–H and O–H groups in total. The zero-order chi connectivity index (χ0) is 18.6. The van der Waals surface area contributed by atoms with Gasteiger partial charge in [-0.05, 0) is 24.3 Å². The van der Waals surface area contributed by atoms with Gasteiger partial charge in [0.1, 0.15) is 11.5 Å². The maximum Gasteiger partial charge on any atom is 0.293 e. The van der Waals surface area contributed by atoms with Gasteiger partial charge in [0.15, 0.2) is 16.7 Å². The highest BCUT2D eigenvalue weighted by molar-refractivity contribution is 7.98. The molecular weight excluding hydrogens is 366 g/mol. The van der Waals surface area contributed by atoms with Gasteiger partial charge in [-0.25, -0.2) is 4.98 Å². The summed E-state index contributed by atoms with van der Waals surface area (Å²) >= 11 is 1.53. The lowest BCUT2D eigenvalue weighted by atomic mass is 10.3. The smallest absolute Gasteiger partial charge is 0.293 e. The van der Waals surface area contributed by atoms with Crippen LogP contribution < -0.4 is 5.32 Å². The van der Waals surface area contributed by atoms with Crippen LogP contribution in [0.1, 0.15) is 16.3 Å². The molecule has 27 heavy (non-hydrogen) atoms. The number of H-pyrrole nitrogens is 1. The number of anilines is 1. The Balaban J connectivity index is 1.38. The van der Waals surface area contributed by atoms with Crippen LogP contribution >= 0.6 is 11.8 Å². The van der Waals surface area contributed by atoms with E-state index in [2.05, 4.69) is 30.5 Å². The normalized spacial score (nSPS) is 10.9. The molecular formula is C17H15N7O2S. The van der Waals surface area contributed by atoms with E-state index in [0.717, 1.165) is 5.16 Å². The van der Waals surface area contributed by atoms with Gasteiger partial charge in [-0.2, -0.15) is 4.98 Å². The predicted octanol–water partition coefficient (Wildman–Crippen LogP) is 2.74. The van der Waals surface area contributed by atoms with Gasteiger partial charge < -0.3 is 8.98 Å². The number of carbonyl (C=O) groups is 1. The van der Waals surface area contributed by atoms with E-state index in [1.807, 2.05) is 29.9 Å². The number of nitrogens with zero attached hydrogens (tertiary/aromatic N) is 5. The third kappa shape index (κ3) is 3.90. The van der Waals surface area contributed by atoms with Crippen LogP contribution in [0.2, 0.25) is 0 Å². The topological polar surface area (TPSA) is 115 Å². The minimum Gasteiger partial charge on any atom is -0.455 e. The fourth-order valence-corrected chi connectivity index (χ4v) is 3.13. The van der Waals surface area contributed by atoms with E-state index in [4.69, 9.17) is 4.42 Å². The van der Waals surface area contributed by atoms with Gasteiger partial charge in [-0.15, -0.1) is 5.10 Å². The Morgan fingerprint density at radius 3 is 2.96 bits per heavy atom. The van der Waals surface area contributed by atoms with E-state index in [1.165, 1.54) is 11.8 Å². The molecule has 0 atom stereocenters. The van der Waals surface area contributed by atoms with Crippen molar-refractivity contribution < 1.29 is 9.21 Å². The predicted molar refractivity (Wildman–Crippen MR) is 99.0 cm³/mol. The van der Waals surface area contributed by atoms with Crippen LogP contribution in [0.3, 0.4) is 0 Å². The van der Waals surface area contributed by atoms with Crippen molar-refractivity contribution in [2.24, 2.45) is 7.05 Å². The molecule has 0 unspecified atom stereocenters. The Morgan fingerprint density at radius 1 is 1.26 bits per heavy atom. The molecule has 0 fully saturated rings. The van der Waals surface area contributed by atoms with Crippen LogP contribution in [0.4, 0.5) is 5.95 Å². The van der Waals surface area contributed by atoms with Crippen LogP contribution in [0.5, 0.6) is 0 Å². The number of nitrogens with one attached hydrogen (secondary N) is 2. The van der Waals surface area contributed by atoms with Gasteiger partial charge in [0, 0.05) is 25.6 Å². The number of hydrogen-bond acceptors (Lipinski definition) is 7. The van der Waals surface area contributed by atoms with E-state index in [9.17, 15) is 4.79 Å². The summed E-state index contributed by atoms with van der Waals surface area (Å²) in [7, 11) is 1.92. The summed E-state index contributed by atoms with van der Waals surface area (Å²) in [5.74, 6) is 1.64. The number of rotatable bonds is 6. The molecule has 9 nitrogen and oxygen atoms in total. The highest BCUT2D eigenvalue weighted by atomic mass is 32.2. The van der Waals surface area contributed by atoms with Gasteiger partial charge in [-0.3, -0.25) is 20.2 Å². The molecule has 0 saturated heterocycles. The van der Waals surface area contributed by atoms with Gasteiger partial charge in [0.25, 0.3) is 5.91 Å². The summed E-state index contributed by atoms with van der Waals surface area (Å²) in [6.45, 7) is 0. The molecule has 0 spiro atoms. The molecule has 0 saturated carbocycles. The quantitative estimate of drug-likeness (QED) is 0.494.